The van der Waals surface area contributed by atoms with E-state index in [1.807, 2.05) is 32.0 Å². The van der Waals surface area contributed by atoms with E-state index in [1.165, 1.54) is 0 Å². The molecule has 0 aliphatic rings. The summed E-state index contributed by atoms with van der Waals surface area (Å²) in [6, 6.07) is 5.73. The quantitative estimate of drug-likeness (QED) is 0.835. The topological polar surface area (TPSA) is 58.6 Å². The van der Waals surface area contributed by atoms with Gasteiger partial charge in [-0.25, -0.2) is 0 Å². The monoisotopic (exact) mass is 251 g/mol. The number of hydrogen-bond acceptors (Lipinski definition) is 3. The molecule has 0 bridgehead atoms. The van der Waals surface area contributed by atoms with Crippen molar-refractivity contribution in [3.05, 3.63) is 29.3 Å². The number of carbonyl (C=O) groups excluding carboxylic acids is 1. The molecule has 18 heavy (non-hydrogen) atoms. The molecule has 0 spiro atoms. The van der Waals surface area contributed by atoms with Gasteiger partial charge in [0.2, 0.25) is 0 Å². The van der Waals surface area contributed by atoms with Crippen LogP contribution in [0, 0.1) is 13.8 Å². The Morgan fingerprint density at radius 2 is 2.06 bits per heavy atom. The minimum absolute atomic E-state index is 0.0413. The summed E-state index contributed by atoms with van der Waals surface area (Å²) in [6.45, 7) is 7.40. The molecule has 1 aromatic carbocycles. The van der Waals surface area contributed by atoms with E-state index in [9.17, 15) is 9.90 Å². The molecule has 4 heteroatoms. The maximum Gasteiger partial charge on any atom is 0.258 e. The fourth-order valence-electron chi connectivity index (χ4n) is 1.39. The standard InChI is InChI=1S/C14H21NO3/c1-10-6-5-7-12(11(10)2)18-8-13(16)15-9-14(3,4)17/h5-7,17H,8-9H2,1-4H3,(H,15,16). The summed E-state index contributed by atoms with van der Waals surface area (Å²) in [7, 11) is 0. The average molecular weight is 251 g/mol. The van der Waals surface area contributed by atoms with E-state index in [-0.39, 0.29) is 19.1 Å². The number of amides is 1. The van der Waals surface area contributed by atoms with E-state index in [4.69, 9.17) is 4.74 Å². The van der Waals surface area contributed by atoms with Crippen LogP contribution in [0.15, 0.2) is 18.2 Å². The summed E-state index contributed by atoms with van der Waals surface area (Å²) in [5, 5.41) is 12.1. The molecule has 1 aromatic rings. The zero-order valence-electron chi connectivity index (χ0n) is 11.4. The van der Waals surface area contributed by atoms with E-state index in [2.05, 4.69) is 5.32 Å². The first-order chi connectivity index (χ1) is 8.29. The second kappa shape index (κ2) is 5.87. The molecular formula is C14H21NO3. The molecule has 1 rings (SSSR count). The Labute approximate surface area is 108 Å². The maximum absolute atomic E-state index is 11.5. The molecule has 0 saturated heterocycles. The molecule has 0 unspecified atom stereocenters. The number of nitrogens with one attached hydrogen (secondary N) is 1. The zero-order valence-corrected chi connectivity index (χ0v) is 11.4. The fourth-order valence-corrected chi connectivity index (χ4v) is 1.39. The number of ether oxygens (including phenoxy) is 1. The normalized spacial score (nSPS) is 11.2. The molecule has 0 aliphatic heterocycles. The largest absolute Gasteiger partial charge is 0.483 e. The second-order valence-corrected chi connectivity index (χ2v) is 5.08. The van der Waals surface area contributed by atoms with E-state index in [0.29, 0.717) is 5.75 Å². The van der Waals surface area contributed by atoms with Gasteiger partial charge in [-0.1, -0.05) is 12.1 Å². The number of aryl methyl sites for hydroxylation is 1. The number of carbonyl (C=O) groups is 1. The van der Waals surface area contributed by atoms with Gasteiger partial charge in [0.05, 0.1) is 5.60 Å². The van der Waals surface area contributed by atoms with Crippen molar-refractivity contribution in [2.45, 2.75) is 33.3 Å². The van der Waals surface area contributed by atoms with Gasteiger partial charge in [0.1, 0.15) is 5.75 Å². The van der Waals surface area contributed by atoms with Gasteiger partial charge in [0.25, 0.3) is 5.91 Å². The third-order valence-electron chi connectivity index (χ3n) is 2.63. The Balaban J connectivity index is 2.46. The molecule has 4 nitrogen and oxygen atoms in total. The lowest BCUT2D eigenvalue weighted by Crippen LogP contribution is -2.40. The molecule has 2 N–H and O–H groups in total. The van der Waals surface area contributed by atoms with Crippen LogP contribution in [0.4, 0.5) is 0 Å². The van der Waals surface area contributed by atoms with Crippen molar-refractivity contribution < 1.29 is 14.6 Å². The third kappa shape index (κ3) is 4.75. The van der Waals surface area contributed by atoms with E-state index in [0.717, 1.165) is 11.1 Å². The van der Waals surface area contributed by atoms with Crippen LogP contribution in [0.1, 0.15) is 25.0 Å². The summed E-state index contributed by atoms with van der Waals surface area (Å²) in [5.74, 6) is 0.478. The number of hydrogen-bond donors (Lipinski definition) is 2. The van der Waals surface area contributed by atoms with Gasteiger partial charge in [-0.05, 0) is 44.9 Å². The summed E-state index contributed by atoms with van der Waals surface area (Å²) in [6.07, 6.45) is 0. The Morgan fingerprint density at radius 3 is 2.67 bits per heavy atom. The Kier molecular flexibility index (Phi) is 4.73. The molecule has 100 valence electrons. The van der Waals surface area contributed by atoms with E-state index < -0.39 is 5.60 Å². The third-order valence-corrected chi connectivity index (χ3v) is 2.63. The summed E-state index contributed by atoms with van der Waals surface area (Å²) >= 11 is 0. The minimum atomic E-state index is -0.908. The first kappa shape index (κ1) is 14.5. The predicted molar refractivity (Wildman–Crippen MR) is 70.7 cm³/mol. The van der Waals surface area contributed by atoms with Crippen molar-refractivity contribution >= 4 is 5.91 Å². The Bertz CT molecular complexity index is 422. The molecule has 0 aromatic heterocycles. The van der Waals surface area contributed by atoms with Crippen LogP contribution in [0.2, 0.25) is 0 Å². The van der Waals surface area contributed by atoms with Crippen LogP contribution < -0.4 is 10.1 Å². The van der Waals surface area contributed by atoms with Crippen molar-refractivity contribution in [1.29, 1.82) is 0 Å². The van der Waals surface area contributed by atoms with Crippen LogP contribution in [0.3, 0.4) is 0 Å². The minimum Gasteiger partial charge on any atom is -0.483 e. The first-order valence-electron chi connectivity index (χ1n) is 5.98. The van der Waals surface area contributed by atoms with Gasteiger partial charge in [0, 0.05) is 6.54 Å². The Hall–Kier alpha value is -1.55. The van der Waals surface area contributed by atoms with Gasteiger partial charge >= 0.3 is 0 Å². The summed E-state index contributed by atoms with van der Waals surface area (Å²) < 4.78 is 5.45. The van der Waals surface area contributed by atoms with Crippen LogP contribution in [0.25, 0.3) is 0 Å². The molecule has 0 saturated carbocycles. The van der Waals surface area contributed by atoms with Crippen molar-refractivity contribution in [1.82, 2.24) is 5.32 Å². The van der Waals surface area contributed by atoms with Gasteiger partial charge in [-0.15, -0.1) is 0 Å². The Morgan fingerprint density at radius 1 is 1.39 bits per heavy atom. The molecule has 0 atom stereocenters. The van der Waals surface area contributed by atoms with Gasteiger partial charge in [-0.2, -0.15) is 0 Å². The predicted octanol–water partition coefficient (Wildman–Crippen LogP) is 1.57. The lowest BCUT2D eigenvalue weighted by atomic mass is 10.1. The highest BCUT2D eigenvalue weighted by Gasteiger charge is 2.14. The number of rotatable bonds is 5. The van der Waals surface area contributed by atoms with Crippen molar-refractivity contribution in [3.8, 4) is 5.75 Å². The van der Waals surface area contributed by atoms with Crippen LogP contribution in [-0.2, 0) is 4.79 Å². The molecule has 0 heterocycles. The second-order valence-electron chi connectivity index (χ2n) is 5.08. The lowest BCUT2D eigenvalue weighted by Gasteiger charge is -2.18. The smallest absolute Gasteiger partial charge is 0.258 e. The highest BCUT2D eigenvalue weighted by molar-refractivity contribution is 5.77. The molecular weight excluding hydrogens is 230 g/mol. The van der Waals surface area contributed by atoms with Crippen molar-refractivity contribution in [2.24, 2.45) is 0 Å². The summed E-state index contributed by atoms with van der Waals surface area (Å²) in [5.41, 5.74) is 1.26. The highest BCUT2D eigenvalue weighted by atomic mass is 16.5. The lowest BCUT2D eigenvalue weighted by molar-refractivity contribution is -0.124. The first-order valence-corrected chi connectivity index (χ1v) is 5.98. The SMILES string of the molecule is Cc1cccc(OCC(=O)NCC(C)(C)O)c1C. The van der Waals surface area contributed by atoms with E-state index >= 15 is 0 Å². The average Bonchev–Trinajstić information content (AvgIpc) is 2.27. The van der Waals surface area contributed by atoms with Crippen molar-refractivity contribution in [2.75, 3.05) is 13.2 Å². The van der Waals surface area contributed by atoms with E-state index in [1.54, 1.807) is 13.8 Å². The van der Waals surface area contributed by atoms with Crippen molar-refractivity contribution in [3.63, 3.8) is 0 Å². The number of aliphatic hydroxyl groups is 1. The molecule has 0 fully saturated rings. The highest BCUT2D eigenvalue weighted by Crippen LogP contribution is 2.20. The molecule has 1 amide bonds. The molecule has 0 radical (unpaired) electrons. The van der Waals surface area contributed by atoms with Gasteiger partial charge < -0.3 is 15.2 Å². The van der Waals surface area contributed by atoms with Crippen LogP contribution in [-0.4, -0.2) is 29.8 Å². The van der Waals surface area contributed by atoms with Crippen LogP contribution in [0.5, 0.6) is 5.75 Å². The maximum atomic E-state index is 11.5. The van der Waals surface area contributed by atoms with Crippen LogP contribution >= 0.6 is 0 Å². The van der Waals surface area contributed by atoms with Gasteiger partial charge in [0.15, 0.2) is 6.61 Å². The zero-order chi connectivity index (χ0) is 13.8. The fraction of sp³-hybridized carbons (Fsp3) is 0.500. The number of benzene rings is 1. The summed E-state index contributed by atoms with van der Waals surface area (Å²) in [4.78, 5) is 11.5. The van der Waals surface area contributed by atoms with Gasteiger partial charge in [-0.3, -0.25) is 4.79 Å². The molecule has 0 aliphatic carbocycles.